The quantitative estimate of drug-likeness (QED) is 0.153. The molecule has 0 bridgehead atoms. The second-order valence-electron chi connectivity index (χ2n) is 8.65. The molecular weight excluding hydrogens is 436 g/mol. The first-order valence-electron chi connectivity index (χ1n) is 10.5. The Morgan fingerprint density at radius 3 is 2.19 bits per heavy atom. The highest BCUT2D eigenvalue weighted by Crippen LogP contribution is 2.60. The summed E-state index contributed by atoms with van der Waals surface area (Å²) in [4.78, 5) is 15.7. The molecule has 0 saturated carbocycles. The lowest BCUT2D eigenvalue weighted by Crippen LogP contribution is -2.38. The Morgan fingerprint density at radius 2 is 1.62 bits per heavy atom. The molecule has 0 radical (unpaired) electrons. The number of allylic oxidation sites excluding steroid dienone is 2. The van der Waals surface area contributed by atoms with E-state index in [0.717, 1.165) is 5.56 Å². The summed E-state index contributed by atoms with van der Waals surface area (Å²) in [6.45, 7) is 2.82. The monoisotopic (exact) mass is 461 g/mol. The van der Waals surface area contributed by atoms with Crippen LogP contribution in [-0.2, 0) is 15.0 Å². The van der Waals surface area contributed by atoms with Crippen molar-refractivity contribution < 1.29 is 36.0 Å². The molecule has 0 saturated heterocycles. The Balaban J connectivity index is 2.03. The van der Waals surface area contributed by atoms with Crippen molar-refractivity contribution in [1.82, 2.24) is 0 Å². The van der Waals surface area contributed by atoms with E-state index >= 15 is 0 Å². The summed E-state index contributed by atoms with van der Waals surface area (Å²) >= 11 is 0. The van der Waals surface area contributed by atoms with Crippen molar-refractivity contribution in [2.24, 2.45) is 17.0 Å². The van der Waals surface area contributed by atoms with Crippen LogP contribution in [0.15, 0.2) is 41.6 Å². The third-order valence-corrected chi connectivity index (χ3v) is 6.62. The zero-order chi connectivity index (χ0) is 23.7. The molecule has 176 valence electrons. The Labute approximate surface area is 182 Å². The molecule has 3 nitrogen and oxygen atoms in total. The first kappa shape index (κ1) is 24.3. The molecule has 3 atom stereocenters. The summed E-state index contributed by atoms with van der Waals surface area (Å²) in [5.74, 6) is -1.69. The van der Waals surface area contributed by atoms with Crippen molar-refractivity contribution in [1.29, 1.82) is 0 Å². The molecule has 1 aromatic carbocycles. The van der Waals surface area contributed by atoms with E-state index in [1.54, 1.807) is 31.2 Å². The molecule has 3 unspecified atom stereocenters. The summed E-state index contributed by atoms with van der Waals surface area (Å²) in [7, 11) is 0. The van der Waals surface area contributed by atoms with E-state index < -0.39 is 55.3 Å². The zero-order valence-corrected chi connectivity index (χ0v) is 17.8. The summed E-state index contributed by atoms with van der Waals surface area (Å²) in [6.07, 6.45) is -8.06. The van der Waals surface area contributed by atoms with Gasteiger partial charge in [-0.1, -0.05) is 41.6 Å². The number of halogens is 6. The predicted octanol–water partition coefficient (Wildman–Crippen LogP) is 6.84. The van der Waals surface area contributed by atoms with E-state index in [0.29, 0.717) is 17.7 Å². The normalized spacial score (nSPS) is 24.8. The number of hydrogen-bond acceptors (Lipinski definition) is 3. The fourth-order valence-corrected chi connectivity index (χ4v) is 5.23. The molecule has 0 fully saturated rings. The Hall–Kier alpha value is -2.32. The maximum Gasteiger partial charge on any atom is 0.389 e. The van der Waals surface area contributed by atoms with Gasteiger partial charge in [0, 0.05) is 31.6 Å². The number of carbonyl (C=O) groups is 1. The van der Waals surface area contributed by atoms with Crippen molar-refractivity contribution in [2.75, 3.05) is 0 Å². The van der Waals surface area contributed by atoms with Crippen LogP contribution in [-0.4, -0.2) is 24.0 Å². The first-order chi connectivity index (χ1) is 14.8. The van der Waals surface area contributed by atoms with E-state index in [1.165, 1.54) is 6.92 Å². The average Bonchev–Trinajstić information content (AvgIpc) is 2.98. The van der Waals surface area contributed by atoms with Gasteiger partial charge in [0.1, 0.15) is 0 Å². The van der Waals surface area contributed by atoms with Crippen LogP contribution in [0.5, 0.6) is 0 Å². The Kier molecular flexibility index (Phi) is 6.77. The smallest absolute Gasteiger partial charge is 0.319 e. The molecule has 2 aliphatic carbocycles. The number of hydrogen-bond donors (Lipinski definition) is 0. The van der Waals surface area contributed by atoms with Gasteiger partial charge in [-0.05, 0) is 48.6 Å². The van der Waals surface area contributed by atoms with Crippen LogP contribution in [0.25, 0.3) is 0 Å². The van der Waals surface area contributed by atoms with E-state index in [-0.39, 0.29) is 11.8 Å². The number of rotatable bonds is 6. The minimum absolute atomic E-state index is 0.273. The fourth-order valence-electron chi connectivity index (χ4n) is 5.23. The van der Waals surface area contributed by atoms with E-state index in [9.17, 15) is 31.1 Å². The Bertz CT molecular complexity index is 884. The molecule has 2 aliphatic rings. The number of fused-ring (bicyclic) bond motifs is 3. The predicted molar refractivity (Wildman–Crippen MR) is 107 cm³/mol. The van der Waals surface area contributed by atoms with Gasteiger partial charge in [-0.15, -0.1) is 0 Å². The van der Waals surface area contributed by atoms with Gasteiger partial charge in [0.2, 0.25) is 0 Å². The molecule has 1 aromatic rings. The van der Waals surface area contributed by atoms with E-state index in [4.69, 9.17) is 0 Å². The molecular formula is C23H25F6NO2. The molecule has 0 heterocycles. The number of carbonyl (C=O) groups excluding carboxylic acids is 1. The third kappa shape index (κ3) is 5.35. The van der Waals surface area contributed by atoms with Crippen molar-refractivity contribution >= 4 is 11.7 Å². The highest BCUT2D eigenvalue weighted by atomic mass is 19.4. The largest absolute Gasteiger partial charge is 0.389 e. The summed E-state index contributed by atoms with van der Waals surface area (Å²) in [6, 6.07) is 6.89. The highest BCUT2D eigenvalue weighted by molar-refractivity contribution is 5.86. The minimum Gasteiger partial charge on any atom is -0.319 e. The lowest BCUT2D eigenvalue weighted by Gasteiger charge is -2.41. The second kappa shape index (κ2) is 8.90. The standard InChI is InChI=1S/C23H25F6NO2/c1-14(30-32-15(2)31)16-7-8-18-17-5-3-4-6-19(17)21(20(18)13-16,9-11-22(24,25)26)10-12-23(27,28)29/h3-8,16,18,20H,9-13H2,1-2H3/b30-14+. The van der Waals surface area contributed by atoms with Gasteiger partial charge >= 0.3 is 18.3 Å². The molecule has 9 heteroatoms. The molecule has 32 heavy (non-hydrogen) atoms. The molecule has 0 amide bonds. The van der Waals surface area contributed by atoms with Crippen LogP contribution in [0.3, 0.4) is 0 Å². The van der Waals surface area contributed by atoms with Crippen molar-refractivity contribution in [3.05, 3.63) is 47.5 Å². The number of oxime groups is 1. The Morgan fingerprint density at radius 1 is 1.03 bits per heavy atom. The van der Waals surface area contributed by atoms with Gasteiger partial charge in [0.05, 0.1) is 5.71 Å². The highest BCUT2D eigenvalue weighted by Gasteiger charge is 2.54. The first-order valence-corrected chi connectivity index (χ1v) is 10.5. The van der Waals surface area contributed by atoms with Crippen LogP contribution in [0.4, 0.5) is 26.3 Å². The van der Waals surface area contributed by atoms with E-state index in [2.05, 4.69) is 9.99 Å². The van der Waals surface area contributed by atoms with Gasteiger partial charge in [-0.3, -0.25) is 0 Å². The molecule has 0 N–H and O–H groups in total. The lowest BCUT2D eigenvalue weighted by molar-refractivity contribution is -0.147. The van der Waals surface area contributed by atoms with Gasteiger partial charge in [-0.2, -0.15) is 26.3 Å². The van der Waals surface area contributed by atoms with Gasteiger partial charge in [0.15, 0.2) is 0 Å². The summed E-state index contributed by atoms with van der Waals surface area (Å²) in [5.41, 5.74) is 0.540. The SMILES string of the molecule is CC(=O)O/N=C(\C)C1C=CC2c3ccccc3C(CCC(F)(F)F)(CCC(F)(F)F)C2C1. The number of benzene rings is 1. The van der Waals surface area contributed by atoms with Crippen LogP contribution >= 0.6 is 0 Å². The third-order valence-electron chi connectivity index (χ3n) is 6.62. The van der Waals surface area contributed by atoms with Gasteiger partial charge in [-0.25, -0.2) is 4.79 Å². The maximum atomic E-state index is 13.2. The molecule has 0 spiro atoms. The molecule has 0 aromatic heterocycles. The number of alkyl halides is 6. The van der Waals surface area contributed by atoms with Crippen molar-refractivity contribution in [3.63, 3.8) is 0 Å². The van der Waals surface area contributed by atoms with Crippen molar-refractivity contribution in [3.8, 4) is 0 Å². The van der Waals surface area contributed by atoms with Crippen molar-refractivity contribution in [2.45, 2.75) is 69.6 Å². The number of nitrogens with zero attached hydrogens (tertiary/aromatic N) is 1. The lowest BCUT2D eigenvalue weighted by atomic mass is 9.62. The van der Waals surface area contributed by atoms with Gasteiger partial charge in [0.25, 0.3) is 0 Å². The second-order valence-corrected chi connectivity index (χ2v) is 8.65. The minimum atomic E-state index is -4.48. The van der Waals surface area contributed by atoms with Crippen LogP contribution < -0.4 is 0 Å². The topological polar surface area (TPSA) is 38.7 Å². The summed E-state index contributed by atoms with van der Waals surface area (Å²) in [5, 5.41) is 3.78. The maximum absolute atomic E-state index is 13.2. The zero-order valence-electron chi connectivity index (χ0n) is 17.8. The van der Waals surface area contributed by atoms with Crippen LogP contribution in [0.2, 0.25) is 0 Å². The molecule has 3 rings (SSSR count). The van der Waals surface area contributed by atoms with Crippen LogP contribution in [0.1, 0.15) is 63.0 Å². The fraction of sp³-hybridized carbons (Fsp3) is 0.565. The van der Waals surface area contributed by atoms with E-state index in [1.807, 2.05) is 12.2 Å². The van der Waals surface area contributed by atoms with Crippen LogP contribution in [0, 0.1) is 11.8 Å². The average molecular weight is 461 g/mol. The van der Waals surface area contributed by atoms with Gasteiger partial charge < -0.3 is 4.84 Å². The summed E-state index contributed by atoms with van der Waals surface area (Å²) < 4.78 is 79.4. The molecule has 0 aliphatic heterocycles.